The van der Waals surface area contributed by atoms with E-state index < -0.39 is 12.1 Å². The van der Waals surface area contributed by atoms with Gasteiger partial charge in [0.1, 0.15) is 5.75 Å². The van der Waals surface area contributed by atoms with Crippen LogP contribution in [0.1, 0.15) is 13.8 Å². The van der Waals surface area contributed by atoms with Gasteiger partial charge < -0.3 is 20.1 Å². The van der Waals surface area contributed by atoms with Gasteiger partial charge in [-0.05, 0) is 18.7 Å². The third-order valence-corrected chi connectivity index (χ3v) is 3.44. The van der Waals surface area contributed by atoms with Crippen LogP contribution in [0.2, 0.25) is 0 Å². The molecule has 0 aliphatic carbocycles. The number of nitrogens with one attached hydrogen (secondary N) is 1. The first kappa shape index (κ1) is 15.3. The minimum absolute atomic E-state index is 0.0294. The van der Waals surface area contributed by atoms with Crippen molar-refractivity contribution in [1.29, 1.82) is 0 Å². The van der Waals surface area contributed by atoms with Gasteiger partial charge in [-0.15, -0.1) is 0 Å². The van der Waals surface area contributed by atoms with Gasteiger partial charge >= 0.3 is 5.97 Å². The number of rotatable bonds is 5. The van der Waals surface area contributed by atoms with Gasteiger partial charge in [-0.25, -0.2) is 4.79 Å². The fourth-order valence-corrected chi connectivity index (χ4v) is 2.29. The molecule has 0 bridgehead atoms. The number of aliphatic carboxylic acids is 1. The fraction of sp³-hybridized carbons (Fsp3) is 0.467. The van der Waals surface area contributed by atoms with Crippen molar-refractivity contribution in [2.24, 2.45) is 5.92 Å². The second-order valence-corrected chi connectivity index (χ2v) is 5.07. The van der Waals surface area contributed by atoms with E-state index in [0.717, 1.165) is 6.54 Å². The van der Waals surface area contributed by atoms with Crippen LogP contribution in [-0.4, -0.2) is 42.7 Å². The van der Waals surface area contributed by atoms with E-state index >= 15 is 0 Å². The van der Waals surface area contributed by atoms with Crippen LogP contribution in [0.3, 0.4) is 0 Å². The molecule has 2 N–H and O–H groups in total. The Morgan fingerprint density at radius 3 is 2.86 bits per heavy atom. The average Bonchev–Trinajstić information content (AvgIpc) is 2.50. The highest BCUT2D eigenvalue weighted by molar-refractivity contribution is 5.98. The maximum atomic E-state index is 12.6. The average molecular weight is 292 g/mol. The summed E-state index contributed by atoms with van der Waals surface area (Å²) < 4.78 is 5.43. The van der Waals surface area contributed by atoms with Crippen LogP contribution < -0.4 is 15.0 Å². The normalized spacial score (nSPS) is 18.6. The zero-order valence-electron chi connectivity index (χ0n) is 12.2. The first-order valence-electron chi connectivity index (χ1n) is 7.05. The monoisotopic (exact) mass is 292 g/mol. The molecule has 1 aromatic rings. The van der Waals surface area contributed by atoms with Gasteiger partial charge in [-0.3, -0.25) is 4.79 Å². The zero-order valence-corrected chi connectivity index (χ0v) is 12.2. The van der Waals surface area contributed by atoms with Gasteiger partial charge in [-0.1, -0.05) is 26.0 Å². The van der Waals surface area contributed by atoms with E-state index in [2.05, 4.69) is 5.32 Å². The highest BCUT2D eigenvalue weighted by Crippen LogP contribution is 2.33. The van der Waals surface area contributed by atoms with Gasteiger partial charge in [0.25, 0.3) is 0 Å². The van der Waals surface area contributed by atoms with Crippen LogP contribution in [0.4, 0.5) is 5.69 Å². The molecule has 2 unspecified atom stereocenters. The van der Waals surface area contributed by atoms with Crippen LogP contribution in [0, 0.1) is 5.92 Å². The summed E-state index contributed by atoms with van der Waals surface area (Å²) in [6.07, 6.45) is -1.03. The molecule has 0 radical (unpaired) electrons. The third kappa shape index (κ3) is 3.33. The van der Waals surface area contributed by atoms with Gasteiger partial charge in [-0.2, -0.15) is 0 Å². The number of carboxylic acids is 1. The summed E-state index contributed by atoms with van der Waals surface area (Å²) >= 11 is 0. The lowest BCUT2D eigenvalue weighted by Gasteiger charge is -2.34. The maximum Gasteiger partial charge on any atom is 0.346 e. The number of hydrogen-bond donors (Lipinski definition) is 2. The molecule has 2 rings (SSSR count). The first-order chi connectivity index (χ1) is 10.0. The van der Waals surface area contributed by atoms with E-state index in [9.17, 15) is 9.59 Å². The molecule has 114 valence electrons. The van der Waals surface area contributed by atoms with Crippen molar-refractivity contribution in [3.63, 3.8) is 0 Å². The third-order valence-electron chi connectivity index (χ3n) is 3.44. The van der Waals surface area contributed by atoms with Gasteiger partial charge in [0.05, 0.1) is 12.2 Å². The smallest absolute Gasteiger partial charge is 0.346 e. The lowest BCUT2D eigenvalue weighted by Crippen LogP contribution is -2.49. The number of nitrogens with zero attached hydrogens (tertiary/aromatic N) is 1. The second kappa shape index (κ2) is 6.58. The minimum Gasteiger partial charge on any atom is -0.478 e. The van der Waals surface area contributed by atoms with Crippen molar-refractivity contribution >= 4 is 17.6 Å². The van der Waals surface area contributed by atoms with Crippen molar-refractivity contribution in [1.82, 2.24) is 5.32 Å². The number of carbonyl (C=O) groups excluding carboxylic acids is 1. The van der Waals surface area contributed by atoms with E-state index in [4.69, 9.17) is 9.84 Å². The molecule has 0 aromatic heterocycles. The molecule has 0 fully saturated rings. The fourth-order valence-electron chi connectivity index (χ4n) is 2.29. The molecule has 0 saturated carbocycles. The van der Waals surface area contributed by atoms with E-state index in [1.165, 1.54) is 4.90 Å². The minimum atomic E-state index is -1.07. The molecule has 0 saturated heterocycles. The van der Waals surface area contributed by atoms with Gasteiger partial charge in [0.15, 0.2) is 0 Å². The Bertz CT molecular complexity index is 532. The van der Waals surface area contributed by atoms with Crippen LogP contribution in [0.5, 0.6) is 5.75 Å². The number of carbonyl (C=O) groups is 2. The number of fused-ring (bicyclic) bond motifs is 1. The molecule has 1 aliphatic rings. The Morgan fingerprint density at radius 1 is 1.48 bits per heavy atom. The number of benzene rings is 1. The van der Waals surface area contributed by atoms with Crippen molar-refractivity contribution in [2.75, 3.05) is 24.5 Å². The molecular formula is C15H20N2O4. The molecule has 1 amide bonds. The van der Waals surface area contributed by atoms with Crippen molar-refractivity contribution in [2.45, 2.75) is 20.0 Å². The highest BCUT2D eigenvalue weighted by atomic mass is 16.5. The number of carboxylic acid groups (broad SMARTS) is 1. The van der Waals surface area contributed by atoms with E-state index in [-0.39, 0.29) is 18.4 Å². The van der Waals surface area contributed by atoms with Crippen molar-refractivity contribution in [3.05, 3.63) is 24.3 Å². The SMILES string of the molecule is CCNCC(C)C(=O)N1CC(C(=O)O)Oc2ccccc21. The quantitative estimate of drug-likeness (QED) is 0.850. The molecule has 6 nitrogen and oxygen atoms in total. The van der Waals surface area contributed by atoms with Crippen molar-refractivity contribution < 1.29 is 19.4 Å². The molecule has 1 aliphatic heterocycles. The molecule has 1 heterocycles. The topological polar surface area (TPSA) is 78.9 Å². The number of para-hydroxylation sites is 2. The lowest BCUT2D eigenvalue weighted by atomic mass is 10.1. The molecule has 0 spiro atoms. The van der Waals surface area contributed by atoms with Crippen LogP contribution >= 0.6 is 0 Å². The standard InChI is InChI=1S/C15H20N2O4/c1-3-16-8-10(2)14(18)17-9-13(15(19)20)21-12-7-5-4-6-11(12)17/h4-7,10,13,16H,3,8-9H2,1-2H3,(H,19,20). The Balaban J connectivity index is 2.24. The Hall–Kier alpha value is -2.08. The van der Waals surface area contributed by atoms with Gasteiger partial charge in [0, 0.05) is 12.5 Å². The zero-order chi connectivity index (χ0) is 15.4. The van der Waals surface area contributed by atoms with Crippen LogP contribution in [-0.2, 0) is 9.59 Å². The predicted molar refractivity (Wildman–Crippen MR) is 78.6 cm³/mol. The number of hydrogen-bond acceptors (Lipinski definition) is 4. The predicted octanol–water partition coefficient (Wildman–Crippen LogP) is 1.11. The Morgan fingerprint density at radius 2 is 2.19 bits per heavy atom. The van der Waals surface area contributed by atoms with Crippen LogP contribution in [0.15, 0.2) is 24.3 Å². The summed E-state index contributed by atoms with van der Waals surface area (Å²) in [5.41, 5.74) is 0.628. The number of anilines is 1. The summed E-state index contributed by atoms with van der Waals surface area (Å²) in [5.74, 6) is -0.967. The molecule has 2 atom stereocenters. The lowest BCUT2D eigenvalue weighted by molar-refractivity contribution is -0.145. The highest BCUT2D eigenvalue weighted by Gasteiger charge is 2.34. The summed E-state index contributed by atoms with van der Waals surface area (Å²) in [6, 6.07) is 7.01. The summed E-state index contributed by atoms with van der Waals surface area (Å²) in [7, 11) is 0. The van der Waals surface area contributed by atoms with Gasteiger partial charge in [0.2, 0.25) is 12.0 Å². The molecular weight excluding hydrogens is 272 g/mol. The second-order valence-electron chi connectivity index (χ2n) is 5.07. The number of amides is 1. The van der Waals surface area contributed by atoms with Crippen LogP contribution in [0.25, 0.3) is 0 Å². The molecule has 21 heavy (non-hydrogen) atoms. The summed E-state index contributed by atoms with van der Waals surface area (Å²) in [5, 5.41) is 12.3. The van der Waals surface area contributed by atoms with E-state index in [1.807, 2.05) is 13.8 Å². The van der Waals surface area contributed by atoms with E-state index in [1.54, 1.807) is 24.3 Å². The number of ether oxygens (including phenoxy) is 1. The molecule has 1 aromatic carbocycles. The van der Waals surface area contributed by atoms with E-state index in [0.29, 0.717) is 18.0 Å². The summed E-state index contributed by atoms with van der Waals surface area (Å²) in [6.45, 7) is 5.18. The Kier molecular flexibility index (Phi) is 4.80. The summed E-state index contributed by atoms with van der Waals surface area (Å²) in [4.78, 5) is 25.3. The largest absolute Gasteiger partial charge is 0.478 e. The maximum absolute atomic E-state index is 12.6. The Labute approximate surface area is 123 Å². The van der Waals surface area contributed by atoms with Crippen molar-refractivity contribution in [3.8, 4) is 5.75 Å². The first-order valence-corrected chi connectivity index (χ1v) is 7.05. The molecule has 6 heteroatoms.